The molecule has 0 fully saturated rings. The molecule has 0 radical (unpaired) electrons. The maximum Gasteiger partial charge on any atom is 0.321 e. The molecule has 5 nitrogen and oxygen atoms in total. The second-order valence-electron chi connectivity index (χ2n) is 4.01. The lowest BCUT2D eigenvalue weighted by atomic mass is 10.1. The number of aryl methyl sites for hydroxylation is 1. The van der Waals surface area contributed by atoms with Crippen molar-refractivity contribution in [1.29, 1.82) is 0 Å². The maximum absolute atomic E-state index is 11.4. The number of aldehydes is 1. The van der Waals surface area contributed by atoms with E-state index in [1.54, 1.807) is 0 Å². The molecule has 0 bridgehead atoms. The van der Waals surface area contributed by atoms with E-state index in [-0.39, 0.29) is 6.03 Å². The molecule has 1 aromatic carbocycles. The Kier molecular flexibility index (Phi) is 4.11. The molecular formula is C13H15N3O2S. The molecule has 6 heteroatoms. The summed E-state index contributed by atoms with van der Waals surface area (Å²) in [5.74, 6) is 0. The molecule has 19 heavy (non-hydrogen) atoms. The number of amides is 2. The van der Waals surface area contributed by atoms with Crippen LogP contribution in [0.2, 0.25) is 0 Å². The molecule has 0 atom stereocenters. The number of carbonyl (C=O) groups is 2. The Balaban J connectivity index is 2.39. The first-order chi connectivity index (χ1) is 9.17. The lowest BCUT2D eigenvalue weighted by Gasteiger charge is -2.00. The van der Waals surface area contributed by atoms with E-state index < -0.39 is 0 Å². The zero-order valence-electron chi connectivity index (χ0n) is 10.8. The van der Waals surface area contributed by atoms with Crippen molar-refractivity contribution in [2.45, 2.75) is 20.3 Å². The van der Waals surface area contributed by atoms with Gasteiger partial charge in [-0.1, -0.05) is 18.3 Å². The van der Waals surface area contributed by atoms with Gasteiger partial charge < -0.3 is 5.32 Å². The molecule has 0 aliphatic heterocycles. The van der Waals surface area contributed by atoms with Gasteiger partial charge >= 0.3 is 6.03 Å². The van der Waals surface area contributed by atoms with Gasteiger partial charge in [0.05, 0.1) is 10.2 Å². The fourth-order valence-electron chi connectivity index (χ4n) is 1.77. The summed E-state index contributed by atoms with van der Waals surface area (Å²) < 4.78 is 0.805. The van der Waals surface area contributed by atoms with Gasteiger partial charge in [0.1, 0.15) is 0 Å². The molecule has 2 amide bonds. The van der Waals surface area contributed by atoms with Gasteiger partial charge in [0.25, 0.3) is 0 Å². The Hall–Kier alpha value is -1.95. The highest BCUT2D eigenvalue weighted by Crippen LogP contribution is 2.29. The molecule has 0 aliphatic rings. The summed E-state index contributed by atoms with van der Waals surface area (Å²) in [7, 11) is 0. The molecule has 2 rings (SSSR count). The smallest absolute Gasteiger partial charge is 0.321 e. The second-order valence-corrected chi connectivity index (χ2v) is 5.01. The third-order valence-corrected chi connectivity index (χ3v) is 3.71. The van der Waals surface area contributed by atoms with Crippen LogP contribution in [0.25, 0.3) is 10.2 Å². The summed E-state index contributed by atoms with van der Waals surface area (Å²) in [4.78, 5) is 26.9. The lowest BCUT2D eigenvalue weighted by molar-refractivity contribution is 0.112. The molecule has 0 saturated heterocycles. The van der Waals surface area contributed by atoms with Crippen LogP contribution in [0.1, 0.15) is 29.8 Å². The first-order valence-electron chi connectivity index (χ1n) is 6.11. The Morgan fingerprint density at radius 1 is 1.42 bits per heavy atom. The third kappa shape index (κ3) is 2.90. The second kappa shape index (κ2) is 5.79. The van der Waals surface area contributed by atoms with Crippen molar-refractivity contribution in [2.24, 2.45) is 0 Å². The van der Waals surface area contributed by atoms with Crippen LogP contribution in [-0.2, 0) is 6.42 Å². The van der Waals surface area contributed by atoms with Crippen molar-refractivity contribution in [3.05, 3.63) is 23.3 Å². The third-order valence-electron chi connectivity index (χ3n) is 2.67. The summed E-state index contributed by atoms with van der Waals surface area (Å²) in [6, 6.07) is 3.52. The largest absolute Gasteiger partial charge is 0.338 e. The summed E-state index contributed by atoms with van der Waals surface area (Å²) in [5, 5.41) is 5.80. The van der Waals surface area contributed by atoms with Crippen molar-refractivity contribution in [3.8, 4) is 0 Å². The minimum atomic E-state index is -0.287. The Morgan fingerprint density at radius 3 is 2.84 bits per heavy atom. The zero-order chi connectivity index (χ0) is 13.8. The summed E-state index contributed by atoms with van der Waals surface area (Å²) >= 11 is 1.31. The van der Waals surface area contributed by atoms with Crippen LogP contribution in [0.15, 0.2) is 12.1 Å². The average Bonchev–Trinajstić information content (AvgIpc) is 2.79. The van der Waals surface area contributed by atoms with E-state index in [1.807, 2.05) is 26.0 Å². The Labute approximate surface area is 115 Å². The SMILES string of the molecule is CCNC(=O)Nc1nc2cc(CC)cc(C=O)c2s1. The van der Waals surface area contributed by atoms with Gasteiger partial charge in [-0.2, -0.15) is 0 Å². The molecule has 0 spiro atoms. The molecule has 2 aromatic rings. The molecule has 1 aromatic heterocycles. The van der Waals surface area contributed by atoms with Crippen LogP contribution >= 0.6 is 11.3 Å². The summed E-state index contributed by atoms with van der Waals surface area (Å²) in [6.07, 6.45) is 1.67. The Bertz CT molecular complexity index is 622. The van der Waals surface area contributed by atoms with Crippen molar-refractivity contribution in [2.75, 3.05) is 11.9 Å². The van der Waals surface area contributed by atoms with Gasteiger partial charge in [0, 0.05) is 12.1 Å². The first-order valence-corrected chi connectivity index (χ1v) is 6.93. The van der Waals surface area contributed by atoms with Gasteiger partial charge in [0.2, 0.25) is 0 Å². The van der Waals surface area contributed by atoms with Crippen LogP contribution in [-0.4, -0.2) is 23.8 Å². The number of hydrogen-bond acceptors (Lipinski definition) is 4. The van der Waals surface area contributed by atoms with Crippen LogP contribution in [0.4, 0.5) is 9.93 Å². The number of benzene rings is 1. The number of nitrogens with zero attached hydrogens (tertiary/aromatic N) is 1. The van der Waals surface area contributed by atoms with Gasteiger partial charge in [0.15, 0.2) is 11.4 Å². The van der Waals surface area contributed by atoms with E-state index in [0.717, 1.165) is 28.5 Å². The fourth-order valence-corrected chi connectivity index (χ4v) is 2.68. The maximum atomic E-state index is 11.4. The molecule has 1 heterocycles. The molecule has 0 unspecified atom stereocenters. The summed E-state index contributed by atoms with van der Waals surface area (Å²) in [6.45, 7) is 4.42. The van der Waals surface area contributed by atoms with Gasteiger partial charge in [-0.05, 0) is 31.0 Å². The fraction of sp³-hybridized carbons (Fsp3) is 0.308. The van der Waals surface area contributed by atoms with E-state index in [9.17, 15) is 9.59 Å². The van der Waals surface area contributed by atoms with Crippen molar-refractivity contribution < 1.29 is 9.59 Å². The monoisotopic (exact) mass is 277 g/mol. The van der Waals surface area contributed by atoms with Crippen molar-refractivity contribution >= 4 is 39.0 Å². The number of carbonyl (C=O) groups excluding carboxylic acids is 2. The van der Waals surface area contributed by atoms with Crippen LogP contribution in [0.5, 0.6) is 0 Å². The predicted molar refractivity (Wildman–Crippen MR) is 77.1 cm³/mol. The van der Waals surface area contributed by atoms with Gasteiger partial charge in [-0.25, -0.2) is 9.78 Å². The van der Waals surface area contributed by atoms with Gasteiger partial charge in [-0.3, -0.25) is 10.1 Å². The molecule has 2 N–H and O–H groups in total. The number of nitrogens with one attached hydrogen (secondary N) is 2. The first kappa shape index (κ1) is 13.5. The van der Waals surface area contributed by atoms with E-state index in [1.165, 1.54) is 11.3 Å². The number of urea groups is 1. The Morgan fingerprint density at radius 2 is 2.21 bits per heavy atom. The minimum Gasteiger partial charge on any atom is -0.338 e. The number of anilines is 1. The zero-order valence-corrected chi connectivity index (χ0v) is 11.6. The van der Waals surface area contributed by atoms with Crippen molar-refractivity contribution in [1.82, 2.24) is 10.3 Å². The highest BCUT2D eigenvalue weighted by Gasteiger charge is 2.11. The van der Waals surface area contributed by atoms with Crippen molar-refractivity contribution in [3.63, 3.8) is 0 Å². The number of fused-ring (bicyclic) bond motifs is 1. The molecule has 0 aliphatic carbocycles. The van der Waals surface area contributed by atoms with E-state index in [2.05, 4.69) is 15.6 Å². The molecule has 0 saturated carbocycles. The number of aromatic nitrogens is 1. The standard InChI is InChI=1S/C13H15N3O2S/c1-3-8-5-9(7-17)11-10(6-8)15-13(19-11)16-12(18)14-4-2/h5-7H,3-4H2,1-2H3,(H2,14,15,16,18). The molecule has 100 valence electrons. The normalized spacial score (nSPS) is 10.4. The summed E-state index contributed by atoms with van der Waals surface area (Å²) in [5.41, 5.74) is 2.43. The number of rotatable bonds is 4. The molecular weight excluding hydrogens is 262 g/mol. The minimum absolute atomic E-state index is 0.287. The highest BCUT2D eigenvalue weighted by atomic mass is 32.1. The lowest BCUT2D eigenvalue weighted by Crippen LogP contribution is -2.28. The van der Waals surface area contributed by atoms with E-state index >= 15 is 0 Å². The van der Waals surface area contributed by atoms with Crippen LogP contribution in [0.3, 0.4) is 0 Å². The van der Waals surface area contributed by atoms with Crippen LogP contribution < -0.4 is 10.6 Å². The number of hydrogen-bond donors (Lipinski definition) is 2. The number of thiazole rings is 1. The van der Waals surface area contributed by atoms with E-state index in [4.69, 9.17) is 0 Å². The quantitative estimate of drug-likeness (QED) is 0.844. The topological polar surface area (TPSA) is 71.1 Å². The van der Waals surface area contributed by atoms with Gasteiger partial charge in [-0.15, -0.1) is 0 Å². The average molecular weight is 277 g/mol. The predicted octanol–water partition coefficient (Wildman–Crippen LogP) is 2.81. The van der Waals surface area contributed by atoms with Crippen LogP contribution in [0, 0.1) is 0 Å². The highest BCUT2D eigenvalue weighted by molar-refractivity contribution is 7.22. The van der Waals surface area contributed by atoms with E-state index in [0.29, 0.717) is 17.2 Å².